The van der Waals surface area contributed by atoms with Gasteiger partial charge in [-0.3, -0.25) is 0 Å². The molecule has 0 aromatic heterocycles. The van der Waals surface area contributed by atoms with Crippen molar-refractivity contribution in [2.75, 3.05) is 0 Å². The minimum Gasteiger partial charge on any atom is -0.233 e. The Balaban J connectivity index is 0.00000147. The largest absolute Gasteiger partial charge is 1.00 e. The Bertz CT molecular complexity index is 529. The van der Waals surface area contributed by atoms with Gasteiger partial charge in [-0.15, -0.1) is 0 Å². The summed E-state index contributed by atoms with van der Waals surface area (Å²) in [7, 11) is 0. The second-order valence-electron chi connectivity index (χ2n) is 4.67. The number of rotatable bonds is 3. The molecule has 1 radical (unpaired) electrons. The van der Waals surface area contributed by atoms with E-state index in [1.165, 1.54) is 16.4 Å². The molecule has 0 saturated carbocycles. The minimum absolute atomic E-state index is 0. The first-order valence-corrected chi connectivity index (χ1v) is 6.60. The minimum atomic E-state index is 0. The zero-order valence-corrected chi connectivity index (χ0v) is 14.9. The normalized spacial score (nSPS) is 10.1. The van der Waals surface area contributed by atoms with E-state index in [9.17, 15) is 0 Å². The SMILES string of the molecule is [K+].c1ccc([B-](c2ccccc2)c2ccccc2)cc1. The van der Waals surface area contributed by atoms with Gasteiger partial charge < -0.3 is 0 Å². The van der Waals surface area contributed by atoms with Gasteiger partial charge in [0.2, 0.25) is 0 Å². The second kappa shape index (κ2) is 7.96. The molecular weight excluding hydrogens is 266 g/mol. The van der Waals surface area contributed by atoms with Crippen molar-refractivity contribution in [1.29, 1.82) is 0 Å². The molecule has 0 amide bonds. The summed E-state index contributed by atoms with van der Waals surface area (Å²) in [5.74, 6) is 0. The average molecular weight is 281 g/mol. The molecular formula is C18H15BK. The summed E-state index contributed by atoms with van der Waals surface area (Å²) in [5, 5.41) is 0. The van der Waals surface area contributed by atoms with Crippen molar-refractivity contribution in [3.8, 4) is 0 Å². The fourth-order valence-electron chi connectivity index (χ4n) is 2.51. The Morgan fingerprint density at radius 1 is 0.400 bits per heavy atom. The number of hydrogen-bond donors (Lipinski definition) is 0. The van der Waals surface area contributed by atoms with Crippen LogP contribution in [0.5, 0.6) is 0 Å². The van der Waals surface area contributed by atoms with Crippen molar-refractivity contribution in [1.82, 2.24) is 0 Å². The number of hydrogen-bond acceptors (Lipinski definition) is 0. The van der Waals surface area contributed by atoms with Gasteiger partial charge in [0.1, 0.15) is 0 Å². The predicted octanol–water partition coefficient (Wildman–Crippen LogP) is -0.793. The summed E-state index contributed by atoms with van der Waals surface area (Å²) in [6.07, 6.45) is 0. The van der Waals surface area contributed by atoms with E-state index >= 15 is 0 Å². The van der Waals surface area contributed by atoms with Crippen molar-refractivity contribution in [3.05, 3.63) is 91.0 Å². The van der Waals surface area contributed by atoms with Crippen LogP contribution in [0.3, 0.4) is 0 Å². The zero-order chi connectivity index (χ0) is 12.9. The van der Waals surface area contributed by atoms with Crippen LogP contribution in [-0.4, -0.2) is 6.71 Å². The third-order valence-corrected chi connectivity index (χ3v) is 3.40. The Kier molecular flexibility index (Phi) is 6.27. The van der Waals surface area contributed by atoms with E-state index in [0.29, 0.717) is 6.71 Å². The van der Waals surface area contributed by atoms with Gasteiger partial charge in [-0.1, -0.05) is 91.0 Å². The Morgan fingerprint density at radius 3 is 0.900 bits per heavy atom. The predicted molar refractivity (Wildman–Crippen MR) is 84.0 cm³/mol. The molecule has 0 aliphatic heterocycles. The molecule has 0 aliphatic carbocycles. The summed E-state index contributed by atoms with van der Waals surface area (Å²) in [4.78, 5) is 0. The van der Waals surface area contributed by atoms with E-state index in [0.717, 1.165) is 0 Å². The van der Waals surface area contributed by atoms with Crippen molar-refractivity contribution >= 4 is 23.1 Å². The summed E-state index contributed by atoms with van der Waals surface area (Å²) in [6.45, 7) is 0.309. The fourth-order valence-corrected chi connectivity index (χ4v) is 2.51. The third-order valence-electron chi connectivity index (χ3n) is 3.40. The van der Waals surface area contributed by atoms with Crippen molar-refractivity contribution in [2.24, 2.45) is 0 Å². The van der Waals surface area contributed by atoms with Crippen LogP contribution in [0, 0.1) is 0 Å². The molecule has 91 valence electrons. The molecule has 0 spiro atoms. The molecule has 3 rings (SSSR count). The van der Waals surface area contributed by atoms with Crippen LogP contribution in [0.4, 0.5) is 0 Å². The van der Waals surface area contributed by atoms with Gasteiger partial charge in [0.05, 0.1) is 0 Å². The first-order chi connectivity index (χ1) is 9.45. The second-order valence-corrected chi connectivity index (χ2v) is 4.67. The van der Waals surface area contributed by atoms with Crippen molar-refractivity contribution < 1.29 is 51.4 Å². The first kappa shape index (κ1) is 15.7. The molecule has 2 heteroatoms. The molecule has 0 N–H and O–H groups in total. The standard InChI is InChI=1S/C18H15B.K/c1-4-10-16(11-5-1)19(17-12-6-2-7-13-17)18-14-8-3-9-15-18;/h1-15H;/q-1;+1. The van der Waals surface area contributed by atoms with Crippen LogP contribution in [0.2, 0.25) is 0 Å². The summed E-state index contributed by atoms with van der Waals surface area (Å²) in [6, 6.07) is 32.0. The van der Waals surface area contributed by atoms with E-state index in [-0.39, 0.29) is 51.4 Å². The molecule has 0 aliphatic rings. The smallest absolute Gasteiger partial charge is 0.233 e. The average Bonchev–Trinajstić information content (AvgIpc) is 2.51. The van der Waals surface area contributed by atoms with E-state index in [1.807, 2.05) is 0 Å². The van der Waals surface area contributed by atoms with Crippen LogP contribution in [0.15, 0.2) is 91.0 Å². The van der Waals surface area contributed by atoms with Gasteiger partial charge >= 0.3 is 51.4 Å². The van der Waals surface area contributed by atoms with Crippen molar-refractivity contribution in [3.63, 3.8) is 0 Å². The Morgan fingerprint density at radius 2 is 0.650 bits per heavy atom. The van der Waals surface area contributed by atoms with E-state index in [4.69, 9.17) is 0 Å². The maximum absolute atomic E-state index is 2.20. The van der Waals surface area contributed by atoms with Crippen LogP contribution < -0.4 is 67.8 Å². The topological polar surface area (TPSA) is 0 Å². The zero-order valence-electron chi connectivity index (χ0n) is 11.7. The van der Waals surface area contributed by atoms with Crippen LogP contribution in [-0.2, 0) is 0 Å². The van der Waals surface area contributed by atoms with Gasteiger partial charge in [0, 0.05) is 0 Å². The molecule has 20 heavy (non-hydrogen) atoms. The van der Waals surface area contributed by atoms with Gasteiger partial charge in [0.25, 0.3) is 0 Å². The Hall–Kier alpha value is -0.639. The maximum Gasteiger partial charge on any atom is 1.00 e. The number of benzene rings is 3. The van der Waals surface area contributed by atoms with Gasteiger partial charge in [-0.25, -0.2) is 16.4 Å². The maximum atomic E-state index is 2.20. The quantitative estimate of drug-likeness (QED) is 0.552. The van der Waals surface area contributed by atoms with Crippen LogP contribution in [0.25, 0.3) is 0 Å². The first-order valence-electron chi connectivity index (χ1n) is 6.60. The fraction of sp³-hybridized carbons (Fsp3) is 0. The molecule has 0 nitrogen and oxygen atoms in total. The molecule has 0 atom stereocenters. The van der Waals surface area contributed by atoms with Crippen LogP contribution >= 0.6 is 0 Å². The molecule has 0 bridgehead atoms. The van der Waals surface area contributed by atoms with Crippen LogP contribution in [0.1, 0.15) is 0 Å². The van der Waals surface area contributed by atoms with Gasteiger partial charge in [-0.2, -0.15) is 0 Å². The summed E-state index contributed by atoms with van der Waals surface area (Å²) in [5.41, 5.74) is 4.00. The molecule has 0 heterocycles. The van der Waals surface area contributed by atoms with Gasteiger partial charge in [0.15, 0.2) is 0 Å². The molecule has 3 aromatic carbocycles. The molecule has 0 unspecified atom stereocenters. The van der Waals surface area contributed by atoms with Crippen molar-refractivity contribution in [2.45, 2.75) is 0 Å². The third kappa shape index (κ3) is 3.72. The van der Waals surface area contributed by atoms with E-state index in [1.54, 1.807) is 0 Å². The Labute approximate surface area is 163 Å². The monoisotopic (exact) mass is 281 g/mol. The van der Waals surface area contributed by atoms with Gasteiger partial charge in [-0.05, 0) is 6.71 Å². The summed E-state index contributed by atoms with van der Waals surface area (Å²) >= 11 is 0. The summed E-state index contributed by atoms with van der Waals surface area (Å²) < 4.78 is 0. The molecule has 0 fully saturated rings. The molecule has 3 aromatic rings. The molecule has 0 saturated heterocycles. The van der Waals surface area contributed by atoms with E-state index in [2.05, 4.69) is 91.0 Å². The van der Waals surface area contributed by atoms with E-state index < -0.39 is 0 Å².